The summed E-state index contributed by atoms with van der Waals surface area (Å²) in [7, 11) is 1.77. The lowest BCUT2D eigenvalue weighted by atomic mass is 10.2. The van der Waals surface area contributed by atoms with Gasteiger partial charge in [-0.15, -0.1) is 0 Å². The number of ether oxygens (including phenoxy) is 2. The third kappa shape index (κ3) is 3.67. The minimum absolute atomic E-state index is 0.289. The number of hydrogen-bond donors (Lipinski definition) is 2. The van der Waals surface area contributed by atoms with Gasteiger partial charge < -0.3 is 24.7 Å². The molecule has 0 spiro atoms. The van der Waals surface area contributed by atoms with Crippen LogP contribution >= 0.6 is 0 Å². The first kappa shape index (κ1) is 17.2. The molecule has 0 saturated carbocycles. The standard InChI is InChI=1S/C20H23N5O2/c1-14-24-16-5-3-4-6-17(16)25(14)10-9-22-20(21-2)23-12-15-7-8-18-19(11-15)27-13-26-18/h3-8,11H,9-10,12-13H2,1-2H3,(H2,21,22,23). The van der Waals surface area contributed by atoms with Crippen LogP contribution in [0, 0.1) is 6.92 Å². The van der Waals surface area contributed by atoms with Crippen molar-refractivity contribution in [1.82, 2.24) is 20.2 Å². The molecule has 0 radical (unpaired) electrons. The number of aromatic nitrogens is 2. The van der Waals surface area contributed by atoms with Gasteiger partial charge in [0.25, 0.3) is 0 Å². The number of aryl methyl sites for hydroxylation is 1. The lowest BCUT2D eigenvalue weighted by molar-refractivity contribution is 0.174. The number of benzene rings is 2. The van der Waals surface area contributed by atoms with Gasteiger partial charge >= 0.3 is 0 Å². The van der Waals surface area contributed by atoms with E-state index in [9.17, 15) is 0 Å². The first-order valence-electron chi connectivity index (χ1n) is 8.99. The Hall–Kier alpha value is -3.22. The number of aliphatic imine (C=N–C) groups is 1. The van der Waals surface area contributed by atoms with Gasteiger partial charge in [-0.1, -0.05) is 18.2 Å². The minimum Gasteiger partial charge on any atom is -0.454 e. The van der Waals surface area contributed by atoms with Gasteiger partial charge in [0.2, 0.25) is 6.79 Å². The van der Waals surface area contributed by atoms with Crippen LogP contribution in [0.25, 0.3) is 11.0 Å². The van der Waals surface area contributed by atoms with Crippen LogP contribution in [0.1, 0.15) is 11.4 Å². The second kappa shape index (κ2) is 7.57. The van der Waals surface area contributed by atoms with E-state index in [0.717, 1.165) is 53.0 Å². The van der Waals surface area contributed by atoms with Crippen LogP contribution in [-0.2, 0) is 13.1 Å². The van der Waals surface area contributed by atoms with E-state index in [4.69, 9.17) is 9.47 Å². The molecule has 4 rings (SSSR count). The smallest absolute Gasteiger partial charge is 0.231 e. The van der Waals surface area contributed by atoms with Gasteiger partial charge in [-0.05, 0) is 36.8 Å². The van der Waals surface area contributed by atoms with Crippen molar-refractivity contribution in [2.75, 3.05) is 20.4 Å². The van der Waals surface area contributed by atoms with Gasteiger partial charge in [0.05, 0.1) is 11.0 Å². The van der Waals surface area contributed by atoms with Gasteiger partial charge in [-0.3, -0.25) is 4.99 Å². The third-order valence-electron chi connectivity index (χ3n) is 4.59. The molecule has 7 heteroatoms. The van der Waals surface area contributed by atoms with Crippen LogP contribution in [-0.4, -0.2) is 35.9 Å². The third-order valence-corrected chi connectivity index (χ3v) is 4.59. The summed E-state index contributed by atoms with van der Waals surface area (Å²) < 4.78 is 13.0. The highest BCUT2D eigenvalue weighted by molar-refractivity contribution is 5.79. The maximum absolute atomic E-state index is 5.42. The number of fused-ring (bicyclic) bond motifs is 2. The molecular formula is C20H23N5O2. The second-order valence-electron chi connectivity index (χ2n) is 6.34. The summed E-state index contributed by atoms with van der Waals surface area (Å²) in [5, 5.41) is 6.68. The van der Waals surface area contributed by atoms with Crippen molar-refractivity contribution < 1.29 is 9.47 Å². The van der Waals surface area contributed by atoms with Crippen LogP contribution in [0.5, 0.6) is 11.5 Å². The Morgan fingerprint density at radius 2 is 2.00 bits per heavy atom. The molecule has 0 aliphatic carbocycles. The molecule has 1 aliphatic heterocycles. The fourth-order valence-corrected chi connectivity index (χ4v) is 3.22. The molecule has 2 aromatic carbocycles. The van der Waals surface area contributed by atoms with Crippen LogP contribution in [0.2, 0.25) is 0 Å². The molecule has 7 nitrogen and oxygen atoms in total. The topological polar surface area (TPSA) is 72.7 Å². The van der Waals surface area contributed by atoms with E-state index in [1.54, 1.807) is 7.05 Å². The predicted octanol–water partition coefficient (Wildman–Crippen LogP) is 2.44. The van der Waals surface area contributed by atoms with Crippen molar-refractivity contribution in [3.05, 3.63) is 53.9 Å². The molecule has 140 valence electrons. The number of nitrogens with one attached hydrogen (secondary N) is 2. The number of nitrogens with zero attached hydrogens (tertiary/aromatic N) is 3. The van der Waals surface area contributed by atoms with E-state index >= 15 is 0 Å². The Balaban J connectivity index is 1.32. The summed E-state index contributed by atoms with van der Waals surface area (Å²) in [5.74, 6) is 3.36. The van der Waals surface area contributed by atoms with Crippen molar-refractivity contribution >= 4 is 17.0 Å². The van der Waals surface area contributed by atoms with Crippen molar-refractivity contribution in [2.24, 2.45) is 4.99 Å². The normalized spacial score (nSPS) is 13.2. The molecular weight excluding hydrogens is 342 g/mol. The number of guanidine groups is 1. The Morgan fingerprint density at radius 3 is 2.89 bits per heavy atom. The Morgan fingerprint density at radius 1 is 1.15 bits per heavy atom. The number of hydrogen-bond acceptors (Lipinski definition) is 4. The quantitative estimate of drug-likeness (QED) is 0.537. The van der Waals surface area contributed by atoms with Crippen LogP contribution < -0.4 is 20.1 Å². The summed E-state index contributed by atoms with van der Waals surface area (Å²) in [6.45, 7) is 4.55. The van der Waals surface area contributed by atoms with E-state index < -0.39 is 0 Å². The predicted molar refractivity (Wildman–Crippen MR) is 105 cm³/mol. The van der Waals surface area contributed by atoms with Crippen molar-refractivity contribution in [3.8, 4) is 11.5 Å². The molecule has 0 bridgehead atoms. The van der Waals surface area contributed by atoms with Gasteiger partial charge in [0.1, 0.15) is 5.82 Å². The molecule has 2 N–H and O–H groups in total. The zero-order chi connectivity index (χ0) is 18.6. The molecule has 2 heterocycles. The van der Waals surface area contributed by atoms with E-state index in [1.165, 1.54) is 0 Å². The van der Waals surface area contributed by atoms with E-state index in [0.29, 0.717) is 6.54 Å². The SMILES string of the molecule is CN=C(NCCn1c(C)nc2ccccc21)NCc1ccc2c(c1)OCO2. The lowest BCUT2D eigenvalue weighted by Gasteiger charge is -2.13. The number of rotatable bonds is 5. The fraction of sp³-hybridized carbons (Fsp3) is 0.300. The summed E-state index contributed by atoms with van der Waals surface area (Å²) in [6, 6.07) is 14.1. The molecule has 1 aliphatic rings. The van der Waals surface area contributed by atoms with E-state index in [2.05, 4.69) is 31.2 Å². The summed E-state index contributed by atoms with van der Waals surface area (Å²) >= 11 is 0. The van der Waals surface area contributed by atoms with Crippen molar-refractivity contribution in [3.63, 3.8) is 0 Å². The van der Waals surface area contributed by atoms with Crippen molar-refractivity contribution in [2.45, 2.75) is 20.0 Å². The maximum atomic E-state index is 5.42. The molecule has 1 aromatic heterocycles. The Bertz CT molecular complexity index is 980. The van der Waals surface area contributed by atoms with Crippen LogP contribution in [0.15, 0.2) is 47.5 Å². The molecule has 0 saturated heterocycles. The first-order chi connectivity index (χ1) is 13.2. The summed E-state index contributed by atoms with van der Waals surface area (Å²) in [6.07, 6.45) is 0. The average molecular weight is 365 g/mol. The van der Waals surface area contributed by atoms with Crippen molar-refractivity contribution in [1.29, 1.82) is 0 Å². The zero-order valence-corrected chi connectivity index (χ0v) is 15.5. The summed E-state index contributed by atoms with van der Waals surface area (Å²) in [4.78, 5) is 8.90. The number of imidazole rings is 1. The largest absolute Gasteiger partial charge is 0.454 e. The molecule has 3 aromatic rings. The second-order valence-corrected chi connectivity index (χ2v) is 6.34. The molecule has 0 amide bonds. The first-order valence-corrected chi connectivity index (χ1v) is 8.99. The monoisotopic (exact) mass is 365 g/mol. The molecule has 0 unspecified atom stereocenters. The fourth-order valence-electron chi connectivity index (χ4n) is 3.22. The molecule has 0 fully saturated rings. The lowest BCUT2D eigenvalue weighted by Crippen LogP contribution is -2.38. The van der Waals surface area contributed by atoms with E-state index in [-0.39, 0.29) is 6.79 Å². The highest BCUT2D eigenvalue weighted by atomic mass is 16.7. The number of para-hydroxylation sites is 2. The van der Waals surface area contributed by atoms with Gasteiger partial charge in [0.15, 0.2) is 17.5 Å². The van der Waals surface area contributed by atoms with Gasteiger partial charge in [-0.25, -0.2) is 4.98 Å². The van der Waals surface area contributed by atoms with Crippen LogP contribution in [0.3, 0.4) is 0 Å². The highest BCUT2D eigenvalue weighted by Gasteiger charge is 2.13. The Kier molecular flexibility index (Phi) is 4.82. The summed E-state index contributed by atoms with van der Waals surface area (Å²) in [5.41, 5.74) is 3.29. The van der Waals surface area contributed by atoms with Gasteiger partial charge in [0, 0.05) is 26.7 Å². The zero-order valence-electron chi connectivity index (χ0n) is 15.5. The van der Waals surface area contributed by atoms with Crippen LogP contribution in [0.4, 0.5) is 0 Å². The average Bonchev–Trinajstić information content (AvgIpc) is 3.28. The highest BCUT2D eigenvalue weighted by Crippen LogP contribution is 2.32. The minimum atomic E-state index is 0.289. The molecule has 27 heavy (non-hydrogen) atoms. The van der Waals surface area contributed by atoms with E-state index in [1.807, 2.05) is 43.3 Å². The maximum Gasteiger partial charge on any atom is 0.231 e. The molecule has 0 atom stereocenters. The van der Waals surface area contributed by atoms with Gasteiger partial charge in [-0.2, -0.15) is 0 Å². The Labute approximate surface area is 158 Å².